The Morgan fingerprint density at radius 2 is 2.11 bits per heavy atom. The molecule has 1 heterocycles. The third-order valence-corrected chi connectivity index (χ3v) is 3.80. The average molecular weight is 263 g/mol. The number of halogens is 1. The van der Waals surface area contributed by atoms with Crippen LogP contribution < -0.4 is 0 Å². The van der Waals surface area contributed by atoms with Crippen molar-refractivity contribution >= 4 is 11.8 Å². The summed E-state index contributed by atoms with van der Waals surface area (Å²) < 4.78 is 13.4. The normalized spacial score (nSPS) is 12.4. The lowest BCUT2D eigenvalue weighted by Crippen LogP contribution is -2.03. The monoisotopic (exact) mass is 263 g/mol. The minimum atomic E-state index is -0.636. The number of thioether (sulfide) groups is 1. The van der Waals surface area contributed by atoms with E-state index in [1.54, 1.807) is 30.6 Å². The van der Waals surface area contributed by atoms with E-state index in [4.69, 9.17) is 0 Å². The highest BCUT2D eigenvalue weighted by Gasteiger charge is 2.12. The van der Waals surface area contributed by atoms with E-state index in [-0.39, 0.29) is 5.82 Å². The first-order valence-corrected chi connectivity index (χ1v) is 6.63. The highest BCUT2D eigenvalue weighted by atomic mass is 32.2. The standard InChI is InChI=1S/C14H14FNOS/c1-10-6-7-16-8-11(10)13(17)9-18-14-5-3-2-4-12(14)15/h2-8,13,17H,9H2,1H3. The third-order valence-electron chi connectivity index (χ3n) is 2.67. The molecule has 0 aliphatic carbocycles. The SMILES string of the molecule is Cc1ccncc1C(O)CSc1ccccc1F. The van der Waals surface area contributed by atoms with Crippen molar-refractivity contribution in [3.8, 4) is 0 Å². The van der Waals surface area contributed by atoms with Gasteiger partial charge in [0, 0.05) is 28.6 Å². The Labute approximate surface area is 110 Å². The number of hydrogen-bond donors (Lipinski definition) is 1. The number of aryl methyl sites for hydroxylation is 1. The minimum absolute atomic E-state index is 0.252. The fraction of sp³-hybridized carbons (Fsp3) is 0.214. The Kier molecular flexibility index (Phi) is 4.33. The maximum atomic E-state index is 13.4. The molecule has 0 saturated heterocycles. The smallest absolute Gasteiger partial charge is 0.136 e. The van der Waals surface area contributed by atoms with E-state index in [1.807, 2.05) is 13.0 Å². The van der Waals surface area contributed by atoms with Gasteiger partial charge in [-0.15, -0.1) is 11.8 Å². The van der Waals surface area contributed by atoms with Crippen LogP contribution in [0.15, 0.2) is 47.6 Å². The first-order chi connectivity index (χ1) is 8.68. The zero-order valence-electron chi connectivity index (χ0n) is 10.0. The molecule has 0 amide bonds. The molecule has 1 aromatic heterocycles. The summed E-state index contributed by atoms with van der Waals surface area (Å²) in [6.07, 6.45) is 2.71. The van der Waals surface area contributed by atoms with Gasteiger partial charge < -0.3 is 5.11 Å². The number of pyridine rings is 1. The predicted molar refractivity (Wildman–Crippen MR) is 71.1 cm³/mol. The van der Waals surface area contributed by atoms with Gasteiger partial charge in [-0.3, -0.25) is 4.98 Å². The second kappa shape index (κ2) is 5.98. The van der Waals surface area contributed by atoms with Gasteiger partial charge in [-0.2, -0.15) is 0 Å². The lowest BCUT2D eigenvalue weighted by molar-refractivity contribution is 0.203. The fourth-order valence-electron chi connectivity index (χ4n) is 1.65. The number of hydrogen-bond acceptors (Lipinski definition) is 3. The summed E-state index contributed by atoms with van der Waals surface area (Å²) >= 11 is 1.31. The summed E-state index contributed by atoms with van der Waals surface area (Å²) in [7, 11) is 0. The van der Waals surface area contributed by atoms with Crippen LogP contribution in [0.25, 0.3) is 0 Å². The van der Waals surface area contributed by atoms with Gasteiger partial charge in [0.2, 0.25) is 0 Å². The molecule has 0 bridgehead atoms. The molecule has 2 aromatic rings. The molecule has 0 spiro atoms. The van der Waals surface area contributed by atoms with E-state index in [2.05, 4.69) is 4.98 Å². The first kappa shape index (κ1) is 13.1. The molecule has 0 fully saturated rings. The van der Waals surface area contributed by atoms with Crippen LogP contribution in [0.3, 0.4) is 0 Å². The Morgan fingerprint density at radius 1 is 1.33 bits per heavy atom. The molecule has 1 N–H and O–H groups in total. The molecule has 2 nitrogen and oxygen atoms in total. The molecule has 0 aliphatic heterocycles. The summed E-state index contributed by atoms with van der Waals surface area (Å²) in [5.41, 5.74) is 1.79. The number of nitrogens with zero attached hydrogens (tertiary/aromatic N) is 1. The van der Waals surface area contributed by atoms with Crippen LogP contribution >= 0.6 is 11.8 Å². The van der Waals surface area contributed by atoms with Gasteiger partial charge in [-0.25, -0.2) is 4.39 Å². The summed E-state index contributed by atoms with van der Waals surface area (Å²) in [4.78, 5) is 4.55. The largest absolute Gasteiger partial charge is 0.387 e. The number of benzene rings is 1. The van der Waals surface area contributed by atoms with E-state index in [9.17, 15) is 9.50 Å². The molecule has 1 atom stereocenters. The molecule has 94 valence electrons. The van der Waals surface area contributed by atoms with Gasteiger partial charge >= 0.3 is 0 Å². The molecular formula is C14H14FNOS. The van der Waals surface area contributed by atoms with Crippen LogP contribution in [0.1, 0.15) is 17.2 Å². The number of rotatable bonds is 4. The maximum absolute atomic E-state index is 13.4. The second-order valence-corrected chi connectivity index (χ2v) is 5.05. The van der Waals surface area contributed by atoms with Crippen LogP contribution in [-0.4, -0.2) is 15.8 Å². The van der Waals surface area contributed by atoms with Gasteiger partial charge in [0.1, 0.15) is 5.82 Å². The summed E-state index contributed by atoms with van der Waals surface area (Å²) in [5, 5.41) is 10.1. The van der Waals surface area contributed by atoms with E-state index in [0.717, 1.165) is 11.1 Å². The Morgan fingerprint density at radius 3 is 2.83 bits per heavy atom. The van der Waals surface area contributed by atoms with Crippen molar-refractivity contribution in [2.24, 2.45) is 0 Å². The van der Waals surface area contributed by atoms with Crippen LogP contribution in [0.2, 0.25) is 0 Å². The third kappa shape index (κ3) is 3.09. The van der Waals surface area contributed by atoms with E-state index < -0.39 is 6.10 Å². The van der Waals surface area contributed by atoms with E-state index in [1.165, 1.54) is 17.8 Å². The molecule has 0 radical (unpaired) electrons. The zero-order chi connectivity index (χ0) is 13.0. The van der Waals surface area contributed by atoms with Crippen molar-refractivity contribution in [1.29, 1.82) is 0 Å². The van der Waals surface area contributed by atoms with Crippen molar-refractivity contribution in [2.75, 3.05) is 5.75 Å². The van der Waals surface area contributed by atoms with Crippen LogP contribution in [0.4, 0.5) is 4.39 Å². The fourth-order valence-corrected chi connectivity index (χ4v) is 2.54. The van der Waals surface area contributed by atoms with Gasteiger partial charge in [0.25, 0.3) is 0 Å². The molecule has 0 saturated carbocycles. The molecule has 18 heavy (non-hydrogen) atoms. The summed E-state index contributed by atoms with van der Waals surface area (Å²) in [6.45, 7) is 1.92. The lowest BCUT2D eigenvalue weighted by Gasteiger charge is -2.12. The predicted octanol–water partition coefficient (Wildman–Crippen LogP) is 3.35. The molecule has 1 aromatic carbocycles. The number of aliphatic hydroxyl groups is 1. The second-order valence-electron chi connectivity index (χ2n) is 3.99. The van der Waals surface area contributed by atoms with Crippen LogP contribution in [-0.2, 0) is 0 Å². The highest BCUT2D eigenvalue weighted by molar-refractivity contribution is 7.99. The van der Waals surface area contributed by atoms with Gasteiger partial charge in [-0.05, 0) is 30.7 Å². The summed E-state index contributed by atoms with van der Waals surface area (Å²) in [6, 6.07) is 8.42. The molecular weight excluding hydrogens is 249 g/mol. The lowest BCUT2D eigenvalue weighted by atomic mass is 10.1. The van der Waals surface area contributed by atoms with Crippen molar-refractivity contribution < 1.29 is 9.50 Å². The first-order valence-electron chi connectivity index (χ1n) is 5.64. The molecule has 1 unspecified atom stereocenters. The zero-order valence-corrected chi connectivity index (χ0v) is 10.8. The van der Waals surface area contributed by atoms with Gasteiger partial charge in [-0.1, -0.05) is 12.1 Å². The minimum Gasteiger partial charge on any atom is -0.387 e. The Hall–Kier alpha value is -1.39. The van der Waals surface area contributed by atoms with Crippen molar-refractivity contribution in [2.45, 2.75) is 17.9 Å². The van der Waals surface area contributed by atoms with Crippen molar-refractivity contribution in [3.63, 3.8) is 0 Å². The average Bonchev–Trinajstić information content (AvgIpc) is 2.38. The molecule has 4 heteroatoms. The molecule has 2 rings (SSSR count). The number of aliphatic hydroxyl groups excluding tert-OH is 1. The van der Waals surface area contributed by atoms with Crippen LogP contribution in [0.5, 0.6) is 0 Å². The Bertz CT molecular complexity index is 533. The van der Waals surface area contributed by atoms with Crippen molar-refractivity contribution in [3.05, 3.63) is 59.7 Å². The number of aromatic nitrogens is 1. The van der Waals surface area contributed by atoms with Gasteiger partial charge in [0.05, 0.1) is 6.10 Å². The quantitative estimate of drug-likeness (QED) is 0.859. The topological polar surface area (TPSA) is 33.1 Å². The van der Waals surface area contributed by atoms with Crippen molar-refractivity contribution in [1.82, 2.24) is 4.98 Å². The van der Waals surface area contributed by atoms with Crippen LogP contribution in [0, 0.1) is 12.7 Å². The molecule has 0 aliphatic rings. The maximum Gasteiger partial charge on any atom is 0.136 e. The highest BCUT2D eigenvalue weighted by Crippen LogP contribution is 2.27. The Balaban J connectivity index is 2.03. The summed E-state index contributed by atoms with van der Waals surface area (Å²) in [5.74, 6) is 0.158. The van der Waals surface area contributed by atoms with E-state index in [0.29, 0.717) is 10.6 Å². The van der Waals surface area contributed by atoms with E-state index >= 15 is 0 Å². The van der Waals surface area contributed by atoms with Gasteiger partial charge in [0.15, 0.2) is 0 Å².